The van der Waals surface area contributed by atoms with Gasteiger partial charge in [0.25, 0.3) is 5.91 Å². The molecule has 1 saturated heterocycles. The lowest BCUT2D eigenvalue weighted by atomic mass is 10.1. The summed E-state index contributed by atoms with van der Waals surface area (Å²) in [6.45, 7) is 7.30. The number of carbonyl (C=O) groups is 3. The fraction of sp³-hybridized carbons (Fsp3) is 0.500. The van der Waals surface area contributed by atoms with Crippen LogP contribution in [-0.2, 0) is 9.53 Å². The number of hydrogen-bond acceptors (Lipinski definition) is 5. The highest BCUT2D eigenvalue weighted by Gasteiger charge is 2.32. The number of amides is 3. The zero-order chi connectivity index (χ0) is 15.7. The molecule has 1 aliphatic heterocycles. The standard InChI is InChI=1S/C14H18N2O5/c1-7-8(2)20-9(3)11(7)13(18)21-10(4)12(17)16-6-5-15-14(16)19/h10H,5-6H2,1-4H3,(H,15,19). The van der Waals surface area contributed by atoms with Gasteiger partial charge in [0.15, 0.2) is 6.10 Å². The molecule has 114 valence electrons. The van der Waals surface area contributed by atoms with Crippen LogP contribution in [0.2, 0.25) is 0 Å². The Hall–Kier alpha value is -2.31. The van der Waals surface area contributed by atoms with Crippen LogP contribution in [0, 0.1) is 20.8 Å². The van der Waals surface area contributed by atoms with Crippen molar-refractivity contribution in [3.8, 4) is 0 Å². The van der Waals surface area contributed by atoms with Crippen molar-refractivity contribution >= 4 is 17.9 Å². The first-order valence-electron chi connectivity index (χ1n) is 6.69. The lowest BCUT2D eigenvalue weighted by Gasteiger charge is -2.18. The van der Waals surface area contributed by atoms with Gasteiger partial charge >= 0.3 is 12.0 Å². The van der Waals surface area contributed by atoms with Gasteiger partial charge in [-0.2, -0.15) is 0 Å². The molecule has 0 aliphatic carbocycles. The zero-order valence-electron chi connectivity index (χ0n) is 12.5. The van der Waals surface area contributed by atoms with Crippen LogP contribution in [0.4, 0.5) is 4.79 Å². The number of aryl methyl sites for hydroxylation is 2. The highest BCUT2D eigenvalue weighted by atomic mass is 16.5. The average Bonchev–Trinajstić information content (AvgIpc) is 2.93. The van der Waals surface area contributed by atoms with Crippen LogP contribution in [0.25, 0.3) is 0 Å². The molecule has 2 heterocycles. The highest BCUT2D eigenvalue weighted by molar-refractivity contribution is 6.00. The van der Waals surface area contributed by atoms with Crippen LogP contribution in [0.1, 0.15) is 34.4 Å². The third-order valence-electron chi connectivity index (χ3n) is 3.52. The maximum Gasteiger partial charge on any atom is 0.342 e. The van der Waals surface area contributed by atoms with Gasteiger partial charge in [0, 0.05) is 18.7 Å². The Labute approximate surface area is 122 Å². The van der Waals surface area contributed by atoms with Crippen molar-refractivity contribution in [3.63, 3.8) is 0 Å². The van der Waals surface area contributed by atoms with Gasteiger partial charge in [-0.25, -0.2) is 9.59 Å². The molecule has 0 bridgehead atoms. The molecule has 1 unspecified atom stereocenters. The van der Waals surface area contributed by atoms with E-state index >= 15 is 0 Å². The van der Waals surface area contributed by atoms with Gasteiger partial charge in [0.2, 0.25) is 0 Å². The summed E-state index contributed by atoms with van der Waals surface area (Å²) in [5.74, 6) is -0.0675. The Morgan fingerprint density at radius 1 is 1.29 bits per heavy atom. The molecule has 7 nitrogen and oxygen atoms in total. The predicted molar refractivity (Wildman–Crippen MR) is 72.9 cm³/mol. The fourth-order valence-electron chi connectivity index (χ4n) is 2.27. The molecule has 0 spiro atoms. The molecule has 1 aromatic heterocycles. The van der Waals surface area contributed by atoms with E-state index in [1.807, 2.05) is 0 Å². The van der Waals surface area contributed by atoms with Crippen molar-refractivity contribution < 1.29 is 23.5 Å². The van der Waals surface area contributed by atoms with Gasteiger partial charge in [0.05, 0.1) is 0 Å². The normalized spacial score (nSPS) is 15.8. The second kappa shape index (κ2) is 5.59. The third-order valence-corrected chi connectivity index (χ3v) is 3.52. The van der Waals surface area contributed by atoms with Crippen molar-refractivity contribution in [2.45, 2.75) is 33.8 Å². The molecular weight excluding hydrogens is 276 g/mol. The summed E-state index contributed by atoms with van der Waals surface area (Å²) >= 11 is 0. The maximum absolute atomic E-state index is 12.2. The van der Waals surface area contributed by atoms with Crippen LogP contribution < -0.4 is 5.32 Å². The van der Waals surface area contributed by atoms with Crippen LogP contribution in [-0.4, -0.2) is 42.0 Å². The van der Waals surface area contributed by atoms with Gasteiger partial charge in [-0.15, -0.1) is 0 Å². The van der Waals surface area contributed by atoms with Crippen molar-refractivity contribution in [1.29, 1.82) is 0 Å². The van der Waals surface area contributed by atoms with E-state index in [0.29, 0.717) is 29.2 Å². The predicted octanol–water partition coefficient (Wildman–Crippen LogP) is 1.30. The highest BCUT2D eigenvalue weighted by Crippen LogP contribution is 2.22. The number of furan rings is 1. The van der Waals surface area contributed by atoms with Crippen LogP contribution >= 0.6 is 0 Å². The number of carbonyl (C=O) groups excluding carboxylic acids is 3. The summed E-state index contributed by atoms with van der Waals surface area (Å²) < 4.78 is 10.5. The van der Waals surface area contributed by atoms with E-state index in [0.717, 1.165) is 4.90 Å². The largest absolute Gasteiger partial charge is 0.465 e. The Balaban J connectivity index is 2.08. The Bertz CT molecular complexity index is 605. The second-order valence-electron chi connectivity index (χ2n) is 4.98. The Morgan fingerprint density at radius 3 is 2.43 bits per heavy atom. The molecule has 1 fully saturated rings. The second-order valence-corrected chi connectivity index (χ2v) is 4.98. The van der Waals surface area contributed by atoms with Gasteiger partial charge in [-0.1, -0.05) is 0 Å². The molecule has 1 atom stereocenters. The maximum atomic E-state index is 12.2. The van der Waals surface area contributed by atoms with E-state index in [1.54, 1.807) is 20.8 Å². The van der Waals surface area contributed by atoms with Crippen LogP contribution in [0.3, 0.4) is 0 Å². The zero-order valence-corrected chi connectivity index (χ0v) is 12.5. The van der Waals surface area contributed by atoms with E-state index in [1.165, 1.54) is 6.92 Å². The topological polar surface area (TPSA) is 88.8 Å². The molecule has 3 amide bonds. The Morgan fingerprint density at radius 2 is 1.95 bits per heavy atom. The summed E-state index contributed by atoms with van der Waals surface area (Å²) in [7, 11) is 0. The average molecular weight is 294 g/mol. The van der Waals surface area contributed by atoms with E-state index < -0.39 is 24.0 Å². The fourth-order valence-corrected chi connectivity index (χ4v) is 2.27. The number of nitrogens with zero attached hydrogens (tertiary/aromatic N) is 1. The van der Waals surface area contributed by atoms with Crippen molar-refractivity contribution in [2.24, 2.45) is 0 Å². The molecule has 0 radical (unpaired) electrons. The molecular formula is C14H18N2O5. The van der Waals surface area contributed by atoms with Crippen molar-refractivity contribution in [1.82, 2.24) is 10.2 Å². The smallest absolute Gasteiger partial charge is 0.342 e. The monoisotopic (exact) mass is 294 g/mol. The molecule has 7 heteroatoms. The quantitative estimate of drug-likeness (QED) is 0.849. The molecule has 0 aromatic carbocycles. The number of hydrogen-bond donors (Lipinski definition) is 1. The van der Waals surface area contributed by atoms with Crippen LogP contribution in [0.15, 0.2) is 4.42 Å². The van der Waals surface area contributed by atoms with Crippen molar-refractivity contribution in [3.05, 3.63) is 22.6 Å². The van der Waals surface area contributed by atoms with E-state index in [4.69, 9.17) is 9.15 Å². The molecule has 2 rings (SSSR count). The lowest BCUT2D eigenvalue weighted by molar-refractivity contribution is -0.136. The first kappa shape index (κ1) is 15.1. The molecule has 0 saturated carbocycles. The van der Waals surface area contributed by atoms with Gasteiger partial charge in [0.1, 0.15) is 17.1 Å². The summed E-state index contributed by atoms with van der Waals surface area (Å²) in [6.07, 6.45) is -1.03. The summed E-state index contributed by atoms with van der Waals surface area (Å²) in [4.78, 5) is 36.7. The van der Waals surface area contributed by atoms with E-state index in [9.17, 15) is 14.4 Å². The van der Waals surface area contributed by atoms with Gasteiger partial charge < -0.3 is 14.5 Å². The molecule has 21 heavy (non-hydrogen) atoms. The molecule has 1 N–H and O–H groups in total. The third kappa shape index (κ3) is 2.76. The number of urea groups is 1. The number of nitrogens with one attached hydrogen (secondary N) is 1. The van der Waals surface area contributed by atoms with Gasteiger partial charge in [-0.05, 0) is 27.7 Å². The van der Waals surface area contributed by atoms with E-state index in [2.05, 4.69) is 5.32 Å². The first-order valence-corrected chi connectivity index (χ1v) is 6.69. The summed E-state index contributed by atoms with van der Waals surface area (Å²) in [5.41, 5.74) is 1.02. The summed E-state index contributed by atoms with van der Waals surface area (Å²) in [5, 5.41) is 2.52. The number of rotatable bonds is 3. The lowest BCUT2D eigenvalue weighted by Crippen LogP contribution is -2.41. The van der Waals surface area contributed by atoms with Gasteiger partial charge in [-0.3, -0.25) is 9.69 Å². The summed E-state index contributed by atoms with van der Waals surface area (Å²) in [6, 6.07) is -0.464. The van der Waals surface area contributed by atoms with Crippen molar-refractivity contribution in [2.75, 3.05) is 13.1 Å². The first-order chi connectivity index (χ1) is 9.82. The molecule has 1 aliphatic rings. The minimum atomic E-state index is -1.03. The number of imide groups is 1. The SMILES string of the molecule is Cc1oc(C)c(C(=O)OC(C)C(=O)N2CCNC2=O)c1C. The minimum absolute atomic E-state index is 0.280. The van der Waals surface area contributed by atoms with E-state index in [-0.39, 0.29) is 6.54 Å². The number of ether oxygens (including phenoxy) is 1. The van der Waals surface area contributed by atoms with Crippen LogP contribution in [0.5, 0.6) is 0 Å². The molecule has 1 aromatic rings. The number of esters is 1. The Kier molecular flexibility index (Phi) is 4.02. The minimum Gasteiger partial charge on any atom is -0.465 e.